The van der Waals surface area contributed by atoms with Crippen LogP contribution >= 0.6 is 33.9 Å². The number of aliphatic hydroxyl groups excluding tert-OH is 1. The first-order valence-corrected chi connectivity index (χ1v) is 8.84. The van der Waals surface area contributed by atoms with Crippen molar-refractivity contribution in [1.29, 1.82) is 0 Å². The second-order valence-corrected chi connectivity index (χ2v) is 8.58. The number of aryl methyl sites for hydroxylation is 1. The van der Waals surface area contributed by atoms with E-state index in [1.807, 2.05) is 11.3 Å². The fourth-order valence-electron chi connectivity index (χ4n) is 3.22. The van der Waals surface area contributed by atoms with Gasteiger partial charge in [-0.25, -0.2) is 0 Å². The summed E-state index contributed by atoms with van der Waals surface area (Å²) in [4.78, 5) is 1.60. The summed E-state index contributed by atoms with van der Waals surface area (Å²) in [5.41, 5.74) is 1.56. The van der Waals surface area contributed by atoms with E-state index in [-0.39, 0.29) is 6.10 Å². The largest absolute Gasteiger partial charge is 0.393 e. The molecule has 2 nitrogen and oxygen atoms in total. The van der Waals surface area contributed by atoms with Gasteiger partial charge in [-0.1, -0.05) is 0 Å². The van der Waals surface area contributed by atoms with Crippen molar-refractivity contribution in [1.82, 2.24) is 5.32 Å². The number of fused-ring (bicyclic) bond motifs is 1. The van der Waals surface area contributed by atoms with Crippen LogP contribution in [0.3, 0.4) is 0 Å². The van der Waals surface area contributed by atoms with Gasteiger partial charge < -0.3 is 10.4 Å². The standard InChI is InChI=1S/C14H20INOS/c15-14-8-11-12(2-1-3-13(11)18-14)16-9-4-6-10(17)7-5-9/h8-10,12,16-17H,1-7H2. The van der Waals surface area contributed by atoms with Crippen molar-refractivity contribution in [2.45, 2.75) is 63.1 Å². The molecule has 1 aromatic heterocycles. The molecule has 0 aromatic carbocycles. The Kier molecular flexibility index (Phi) is 4.28. The molecule has 2 N–H and O–H groups in total. The van der Waals surface area contributed by atoms with Gasteiger partial charge in [-0.15, -0.1) is 11.3 Å². The molecule has 2 aliphatic carbocycles. The number of thiophene rings is 1. The molecular weight excluding hydrogens is 357 g/mol. The van der Waals surface area contributed by atoms with Crippen LogP contribution in [-0.4, -0.2) is 17.3 Å². The van der Waals surface area contributed by atoms with Crippen LogP contribution in [0.2, 0.25) is 0 Å². The lowest BCUT2D eigenvalue weighted by molar-refractivity contribution is 0.113. The number of hydrogen-bond donors (Lipinski definition) is 2. The quantitative estimate of drug-likeness (QED) is 0.772. The smallest absolute Gasteiger partial charge is 0.0659 e. The van der Waals surface area contributed by atoms with Crippen molar-refractivity contribution in [2.75, 3.05) is 0 Å². The summed E-state index contributed by atoms with van der Waals surface area (Å²) in [7, 11) is 0. The first-order chi connectivity index (χ1) is 8.72. The van der Waals surface area contributed by atoms with Gasteiger partial charge in [0.2, 0.25) is 0 Å². The molecule has 1 fully saturated rings. The third-order valence-corrected chi connectivity index (χ3v) is 6.19. The van der Waals surface area contributed by atoms with E-state index in [9.17, 15) is 5.11 Å². The highest BCUT2D eigenvalue weighted by Crippen LogP contribution is 2.37. The van der Waals surface area contributed by atoms with Gasteiger partial charge in [0, 0.05) is 17.0 Å². The molecule has 0 radical (unpaired) electrons. The van der Waals surface area contributed by atoms with Crippen molar-refractivity contribution >= 4 is 33.9 Å². The molecule has 0 saturated heterocycles. The molecule has 1 aromatic rings. The van der Waals surface area contributed by atoms with Gasteiger partial charge in [-0.05, 0) is 79.2 Å². The van der Waals surface area contributed by atoms with Crippen molar-refractivity contribution < 1.29 is 5.11 Å². The molecule has 0 amide bonds. The van der Waals surface area contributed by atoms with Gasteiger partial charge in [-0.3, -0.25) is 0 Å². The Morgan fingerprint density at radius 2 is 2.00 bits per heavy atom. The summed E-state index contributed by atoms with van der Waals surface area (Å²) >= 11 is 4.40. The predicted molar refractivity (Wildman–Crippen MR) is 84.1 cm³/mol. The Labute approximate surface area is 126 Å². The zero-order valence-corrected chi connectivity index (χ0v) is 13.5. The maximum atomic E-state index is 9.57. The Bertz CT molecular complexity index is 412. The fourth-order valence-corrected chi connectivity index (χ4v) is 5.34. The third-order valence-electron chi connectivity index (χ3n) is 4.22. The molecule has 0 aliphatic heterocycles. The first-order valence-electron chi connectivity index (χ1n) is 6.94. The summed E-state index contributed by atoms with van der Waals surface area (Å²) in [6.07, 6.45) is 8.02. The second-order valence-electron chi connectivity index (χ2n) is 5.55. The summed E-state index contributed by atoms with van der Waals surface area (Å²) in [6.45, 7) is 0. The van der Waals surface area contributed by atoms with Crippen LogP contribution in [0.5, 0.6) is 0 Å². The minimum Gasteiger partial charge on any atom is -0.393 e. The van der Waals surface area contributed by atoms with Gasteiger partial charge in [0.05, 0.1) is 8.99 Å². The van der Waals surface area contributed by atoms with E-state index in [0.29, 0.717) is 12.1 Å². The monoisotopic (exact) mass is 377 g/mol. The van der Waals surface area contributed by atoms with Crippen LogP contribution in [0.25, 0.3) is 0 Å². The van der Waals surface area contributed by atoms with E-state index in [2.05, 4.69) is 34.0 Å². The number of nitrogens with one attached hydrogen (secondary N) is 1. The van der Waals surface area contributed by atoms with E-state index in [0.717, 1.165) is 25.7 Å². The zero-order chi connectivity index (χ0) is 12.5. The van der Waals surface area contributed by atoms with E-state index in [1.54, 1.807) is 10.4 Å². The van der Waals surface area contributed by atoms with Crippen LogP contribution in [0.4, 0.5) is 0 Å². The molecule has 18 heavy (non-hydrogen) atoms. The van der Waals surface area contributed by atoms with Crippen LogP contribution in [0.1, 0.15) is 55.0 Å². The first kappa shape index (κ1) is 13.3. The molecule has 1 saturated carbocycles. The highest BCUT2D eigenvalue weighted by molar-refractivity contribution is 14.1. The van der Waals surface area contributed by atoms with Gasteiger partial charge in [0.15, 0.2) is 0 Å². The molecule has 1 atom stereocenters. The number of aliphatic hydroxyl groups is 1. The Morgan fingerprint density at radius 1 is 1.22 bits per heavy atom. The number of halogens is 1. The van der Waals surface area contributed by atoms with Crippen molar-refractivity contribution in [2.24, 2.45) is 0 Å². The molecular formula is C14H20INOS. The van der Waals surface area contributed by atoms with Crippen molar-refractivity contribution in [3.05, 3.63) is 19.4 Å². The fraction of sp³-hybridized carbons (Fsp3) is 0.714. The predicted octanol–water partition coefficient (Wildman–Crippen LogP) is 3.62. The number of rotatable bonds is 2. The normalized spacial score (nSPS) is 32.2. The molecule has 1 heterocycles. The van der Waals surface area contributed by atoms with Crippen molar-refractivity contribution in [3.63, 3.8) is 0 Å². The average Bonchev–Trinajstić information content (AvgIpc) is 2.73. The lowest BCUT2D eigenvalue weighted by Crippen LogP contribution is -2.38. The van der Waals surface area contributed by atoms with Crippen LogP contribution in [0, 0.1) is 2.88 Å². The van der Waals surface area contributed by atoms with Crippen LogP contribution in [0.15, 0.2) is 6.07 Å². The van der Waals surface area contributed by atoms with E-state index in [1.165, 1.54) is 22.1 Å². The third kappa shape index (κ3) is 2.92. The molecule has 4 heteroatoms. The van der Waals surface area contributed by atoms with Gasteiger partial charge in [0.1, 0.15) is 0 Å². The van der Waals surface area contributed by atoms with Gasteiger partial charge >= 0.3 is 0 Å². The molecule has 1 unspecified atom stereocenters. The highest BCUT2D eigenvalue weighted by atomic mass is 127. The van der Waals surface area contributed by atoms with E-state index < -0.39 is 0 Å². The van der Waals surface area contributed by atoms with Crippen LogP contribution < -0.4 is 5.32 Å². The number of hydrogen-bond acceptors (Lipinski definition) is 3. The van der Waals surface area contributed by atoms with Crippen molar-refractivity contribution in [3.8, 4) is 0 Å². The maximum absolute atomic E-state index is 9.57. The second kappa shape index (κ2) is 5.77. The zero-order valence-electron chi connectivity index (χ0n) is 10.5. The minimum atomic E-state index is -0.0490. The summed E-state index contributed by atoms with van der Waals surface area (Å²) in [6, 6.07) is 3.55. The molecule has 2 aliphatic rings. The SMILES string of the molecule is OC1CCC(NC2CCCc3sc(I)cc32)CC1. The summed E-state index contributed by atoms with van der Waals surface area (Å²) in [5.74, 6) is 0. The van der Waals surface area contributed by atoms with Crippen LogP contribution in [-0.2, 0) is 6.42 Å². The Morgan fingerprint density at radius 3 is 2.78 bits per heavy atom. The summed E-state index contributed by atoms with van der Waals surface area (Å²) < 4.78 is 1.42. The Balaban J connectivity index is 1.67. The van der Waals surface area contributed by atoms with E-state index >= 15 is 0 Å². The lowest BCUT2D eigenvalue weighted by atomic mass is 9.89. The summed E-state index contributed by atoms with van der Waals surface area (Å²) in [5, 5.41) is 13.4. The lowest BCUT2D eigenvalue weighted by Gasteiger charge is -2.32. The molecule has 100 valence electrons. The van der Waals surface area contributed by atoms with Gasteiger partial charge in [-0.2, -0.15) is 0 Å². The average molecular weight is 377 g/mol. The molecule has 3 rings (SSSR count). The topological polar surface area (TPSA) is 32.3 Å². The van der Waals surface area contributed by atoms with E-state index in [4.69, 9.17) is 0 Å². The highest BCUT2D eigenvalue weighted by Gasteiger charge is 2.26. The Hall–Kier alpha value is 0.350. The molecule has 0 spiro atoms. The van der Waals surface area contributed by atoms with Gasteiger partial charge in [0.25, 0.3) is 0 Å². The maximum Gasteiger partial charge on any atom is 0.0659 e. The molecule has 0 bridgehead atoms. The minimum absolute atomic E-state index is 0.0490.